The fourth-order valence-corrected chi connectivity index (χ4v) is 4.67. The van der Waals surface area contributed by atoms with Crippen molar-refractivity contribution in [1.82, 2.24) is 14.4 Å². The third-order valence-electron chi connectivity index (χ3n) is 5.39. The van der Waals surface area contributed by atoms with E-state index in [1.54, 1.807) is 11.3 Å². The first kappa shape index (κ1) is 19.1. The number of ether oxygens (including phenoxy) is 2. The first-order valence-corrected chi connectivity index (χ1v) is 10.00. The average molecular weight is 420 g/mol. The Balaban J connectivity index is 0.00000192. The minimum absolute atomic E-state index is 0. The van der Waals surface area contributed by atoms with E-state index in [4.69, 9.17) is 9.47 Å². The SMILES string of the molecule is Cl.Cn1c(C(=O)N2CCN(Cc3ccc4c(c3)OCO4)CC2)cc2sccc21. The van der Waals surface area contributed by atoms with Gasteiger partial charge in [0.2, 0.25) is 6.79 Å². The molecule has 1 aromatic carbocycles. The molecule has 8 heteroatoms. The van der Waals surface area contributed by atoms with Crippen LogP contribution in [0.5, 0.6) is 11.5 Å². The van der Waals surface area contributed by atoms with Gasteiger partial charge in [-0.3, -0.25) is 9.69 Å². The molecule has 0 aliphatic carbocycles. The monoisotopic (exact) mass is 419 g/mol. The van der Waals surface area contributed by atoms with E-state index in [0.29, 0.717) is 6.79 Å². The van der Waals surface area contributed by atoms with Gasteiger partial charge in [-0.05, 0) is 35.2 Å². The molecule has 3 aromatic rings. The summed E-state index contributed by atoms with van der Waals surface area (Å²) in [5.41, 5.74) is 3.12. The molecule has 1 amide bonds. The molecule has 1 fully saturated rings. The fraction of sp³-hybridized carbons (Fsp3) is 0.350. The van der Waals surface area contributed by atoms with Crippen LogP contribution in [0, 0.1) is 0 Å². The normalized spacial score (nSPS) is 16.4. The zero-order valence-electron chi connectivity index (χ0n) is 15.6. The van der Waals surface area contributed by atoms with Crippen molar-refractivity contribution in [2.75, 3.05) is 33.0 Å². The number of piperazine rings is 1. The summed E-state index contributed by atoms with van der Waals surface area (Å²) < 4.78 is 14.0. The number of fused-ring (bicyclic) bond motifs is 2. The number of rotatable bonds is 3. The second kappa shape index (κ2) is 7.66. The maximum atomic E-state index is 12.9. The van der Waals surface area contributed by atoms with E-state index in [2.05, 4.69) is 28.5 Å². The molecule has 4 heterocycles. The van der Waals surface area contributed by atoms with Gasteiger partial charge < -0.3 is 18.9 Å². The summed E-state index contributed by atoms with van der Waals surface area (Å²) in [4.78, 5) is 17.3. The number of hydrogen-bond acceptors (Lipinski definition) is 5. The lowest BCUT2D eigenvalue weighted by Crippen LogP contribution is -2.48. The van der Waals surface area contributed by atoms with Gasteiger partial charge in [0.25, 0.3) is 5.91 Å². The number of benzene rings is 1. The number of carbonyl (C=O) groups excluding carboxylic acids is 1. The van der Waals surface area contributed by atoms with E-state index in [9.17, 15) is 4.79 Å². The summed E-state index contributed by atoms with van der Waals surface area (Å²) in [6, 6.07) is 10.2. The van der Waals surface area contributed by atoms with Crippen LogP contribution in [-0.2, 0) is 13.6 Å². The number of carbonyl (C=O) groups is 1. The topological polar surface area (TPSA) is 46.9 Å². The Labute approximate surface area is 173 Å². The summed E-state index contributed by atoms with van der Waals surface area (Å²) in [5.74, 6) is 1.77. The summed E-state index contributed by atoms with van der Waals surface area (Å²) in [6.07, 6.45) is 0. The minimum Gasteiger partial charge on any atom is -0.454 e. The second-order valence-electron chi connectivity index (χ2n) is 7.01. The lowest BCUT2D eigenvalue weighted by atomic mass is 10.1. The summed E-state index contributed by atoms with van der Waals surface area (Å²) >= 11 is 1.68. The van der Waals surface area contributed by atoms with Crippen LogP contribution in [0.15, 0.2) is 35.7 Å². The van der Waals surface area contributed by atoms with Gasteiger partial charge in [0.1, 0.15) is 5.69 Å². The number of hydrogen-bond donors (Lipinski definition) is 0. The van der Waals surface area contributed by atoms with E-state index < -0.39 is 0 Å². The van der Waals surface area contributed by atoms with Crippen LogP contribution >= 0.6 is 23.7 Å². The largest absolute Gasteiger partial charge is 0.454 e. The van der Waals surface area contributed by atoms with Crippen LogP contribution in [0.25, 0.3) is 10.2 Å². The first-order valence-electron chi connectivity index (χ1n) is 9.12. The summed E-state index contributed by atoms with van der Waals surface area (Å²) in [5, 5.41) is 2.06. The van der Waals surface area contributed by atoms with Crippen LogP contribution in [0.3, 0.4) is 0 Å². The maximum absolute atomic E-state index is 12.9. The van der Waals surface area contributed by atoms with E-state index in [1.165, 1.54) is 10.3 Å². The molecule has 2 aromatic heterocycles. The van der Waals surface area contributed by atoms with Gasteiger partial charge in [-0.1, -0.05) is 6.07 Å². The van der Waals surface area contributed by atoms with Crippen molar-refractivity contribution in [3.8, 4) is 11.5 Å². The van der Waals surface area contributed by atoms with Crippen LogP contribution in [0.2, 0.25) is 0 Å². The van der Waals surface area contributed by atoms with E-state index in [1.807, 2.05) is 28.6 Å². The molecule has 148 valence electrons. The highest BCUT2D eigenvalue weighted by Gasteiger charge is 2.25. The van der Waals surface area contributed by atoms with Gasteiger partial charge in [-0.2, -0.15) is 0 Å². The molecule has 0 saturated carbocycles. The predicted molar refractivity (Wildman–Crippen MR) is 112 cm³/mol. The smallest absolute Gasteiger partial charge is 0.270 e. The summed E-state index contributed by atoms with van der Waals surface area (Å²) in [7, 11) is 1.97. The van der Waals surface area contributed by atoms with Crippen molar-refractivity contribution in [2.45, 2.75) is 6.54 Å². The highest BCUT2D eigenvalue weighted by molar-refractivity contribution is 7.17. The number of aromatic nitrogens is 1. The molecule has 2 aliphatic rings. The number of amides is 1. The molecule has 0 radical (unpaired) electrons. The van der Waals surface area contributed by atoms with Crippen LogP contribution in [0.4, 0.5) is 0 Å². The Hall–Kier alpha value is -2.22. The van der Waals surface area contributed by atoms with Crippen LogP contribution < -0.4 is 9.47 Å². The first-order chi connectivity index (χ1) is 13.2. The van der Waals surface area contributed by atoms with E-state index in [0.717, 1.165) is 55.4 Å². The highest BCUT2D eigenvalue weighted by Crippen LogP contribution is 2.33. The number of thiophene rings is 1. The number of nitrogens with zero attached hydrogens (tertiary/aromatic N) is 3. The van der Waals surface area contributed by atoms with Gasteiger partial charge in [-0.15, -0.1) is 23.7 Å². The van der Waals surface area contributed by atoms with Crippen molar-refractivity contribution < 1.29 is 14.3 Å². The molecule has 0 N–H and O–H groups in total. The average Bonchev–Trinajstić information content (AvgIpc) is 3.39. The Morgan fingerprint density at radius 1 is 1.07 bits per heavy atom. The molecular formula is C20H22ClN3O3S. The van der Waals surface area contributed by atoms with Gasteiger partial charge >= 0.3 is 0 Å². The molecule has 0 unspecified atom stereocenters. The molecular weight excluding hydrogens is 398 g/mol. The van der Waals surface area contributed by atoms with Crippen LogP contribution in [0.1, 0.15) is 16.1 Å². The van der Waals surface area contributed by atoms with Gasteiger partial charge in [-0.25, -0.2) is 0 Å². The molecule has 6 nitrogen and oxygen atoms in total. The molecule has 0 spiro atoms. The van der Waals surface area contributed by atoms with E-state index in [-0.39, 0.29) is 18.3 Å². The van der Waals surface area contributed by atoms with Gasteiger partial charge in [0.05, 0.1) is 10.2 Å². The Morgan fingerprint density at radius 2 is 1.86 bits per heavy atom. The van der Waals surface area contributed by atoms with Gasteiger partial charge in [0, 0.05) is 39.8 Å². The fourth-order valence-electron chi connectivity index (χ4n) is 3.82. The molecule has 28 heavy (non-hydrogen) atoms. The van der Waals surface area contributed by atoms with Gasteiger partial charge in [0.15, 0.2) is 11.5 Å². The standard InChI is InChI=1S/C20H21N3O3S.ClH/c1-21-15-4-9-27-19(15)11-16(21)20(24)23-7-5-22(6-8-23)12-14-2-3-17-18(10-14)26-13-25-17;/h2-4,9-11H,5-8,12-13H2,1H3;1H. The van der Waals surface area contributed by atoms with Crippen molar-refractivity contribution in [1.29, 1.82) is 0 Å². The Kier molecular flexibility index (Phi) is 5.23. The third kappa shape index (κ3) is 3.34. The van der Waals surface area contributed by atoms with Crippen molar-refractivity contribution in [3.63, 3.8) is 0 Å². The number of halogens is 1. The number of aryl methyl sites for hydroxylation is 1. The van der Waals surface area contributed by atoms with E-state index >= 15 is 0 Å². The second-order valence-corrected chi connectivity index (χ2v) is 7.96. The third-order valence-corrected chi connectivity index (χ3v) is 6.24. The molecule has 5 rings (SSSR count). The molecule has 1 saturated heterocycles. The quantitative estimate of drug-likeness (QED) is 0.653. The molecule has 0 bridgehead atoms. The predicted octanol–water partition coefficient (Wildman–Crippen LogP) is 3.35. The lowest BCUT2D eigenvalue weighted by molar-refractivity contribution is 0.0619. The molecule has 2 aliphatic heterocycles. The Bertz CT molecular complexity index is 1010. The zero-order chi connectivity index (χ0) is 18.4. The highest BCUT2D eigenvalue weighted by atomic mass is 35.5. The lowest BCUT2D eigenvalue weighted by Gasteiger charge is -2.34. The Morgan fingerprint density at radius 3 is 2.64 bits per heavy atom. The minimum atomic E-state index is 0. The maximum Gasteiger partial charge on any atom is 0.270 e. The van der Waals surface area contributed by atoms with Crippen LogP contribution in [-0.4, -0.2) is 53.2 Å². The zero-order valence-corrected chi connectivity index (χ0v) is 17.2. The van der Waals surface area contributed by atoms with Crippen molar-refractivity contribution in [3.05, 3.63) is 47.0 Å². The van der Waals surface area contributed by atoms with Crippen molar-refractivity contribution >= 4 is 39.9 Å². The molecule has 0 atom stereocenters. The summed E-state index contributed by atoms with van der Waals surface area (Å²) in [6.45, 7) is 4.41. The van der Waals surface area contributed by atoms with Crippen molar-refractivity contribution in [2.24, 2.45) is 7.05 Å².